The van der Waals surface area contributed by atoms with E-state index in [-0.39, 0.29) is 0 Å². The second-order valence-corrected chi connectivity index (χ2v) is 4.38. The molecule has 0 saturated heterocycles. The van der Waals surface area contributed by atoms with Gasteiger partial charge >= 0.3 is 0 Å². The van der Waals surface area contributed by atoms with Gasteiger partial charge < -0.3 is 0 Å². The summed E-state index contributed by atoms with van der Waals surface area (Å²) in [5, 5.41) is 5.17. The normalized spacial score (nSPS) is 10.8. The lowest BCUT2D eigenvalue weighted by Crippen LogP contribution is -1.99. The predicted octanol–water partition coefficient (Wildman–Crippen LogP) is 3.88. The summed E-state index contributed by atoms with van der Waals surface area (Å²) in [6.45, 7) is 3.98. The van der Waals surface area contributed by atoms with E-state index >= 15 is 0 Å². The van der Waals surface area contributed by atoms with E-state index in [1.807, 2.05) is 42.8 Å². The van der Waals surface area contributed by atoms with Crippen molar-refractivity contribution >= 4 is 23.2 Å². The van der Waals surface area contributed by atoms with Crippen LogP contribution < -0.4 is 0 Å². The van der Waals surface area contributed by atoms with Crippen molar-refractivity contribution in [2.24, 2.45) is 0 Å². The number of benzene rings is 1. The second-order valence-electron chi connectivity index (χ2n) is 3.67. The SMILES string of the molecule is Cc1nn(-c2cccc(Cl)c2)c(C)c1CCl. The maximum Gasteiger partial charge on any atom is 0.0663 e. The van der Waals surface area contributed by atoms with E-state index in [2.05, 4.69) is 5.10 Å². The third-order valence-electron chi connectivity index (χ3n) is 2.63. The average Bonchev–Trinajstić information content (AvgIpc) is 2.54. The molecule has 0 aliphatic heterocycles. The molecule has 0 aliphatic rings. The fraction of sp³-hybridized carbons (Fsp3) is 0.250. The first kappa shape index (κ1) is 11.5. The molecule has 0 atom stereocenters. The predicted molar refractivity (Wildman–Crippen MR) is 67.6 cm³/mol. The fourth-order valence-corrected chi connectivity index (χ4v) is 2.30. The van der Waals surface area contributed by atoms with Crippen LogP contribution in [-0.4, -0.2) is 9.78 Å². The Kier molecular flexibility index (Phi) is 3.22. The first-order valence-corrected chi connectivity index (χ1v) is 5.91. The van der Waals surface area contributed by atoms with Gasteiger partial charge in [0.15, 0.2) is 0 Å². The lowest BCUT2D eigenvalue weighted by Gasteiger charge is -2.04. The Bertz CT molecular complexity index is 518. The summed E-state index contributed by atoms with van der Waals surface area (Å²) in [7, 11) is 0. The van der Waals surface area contributed by atoms with Gasteiger partial charge in [-0.1, -0.05) is 17.7 Å². The number of hydrogen-bond donors (Lipinski definition) is 0. The summed E-state index contributed by atoms with van der Waals surface area (Å²) in [4.78, 5) is 0. The van der Waals surface area contributed by atoms with Crippen molar-refractivity contribution in [2.45, 2.75) is 19.7 Å². The van der Waals surface area contributed by atoms with Crippen LogP contribution in [-0.2, 0) is 5.88 Å². The maximum absolute atomic E-state index is 5.96. The van der Waals surface area contributed by atoms with Crippen molar-refractivity contribution in [1.29, 1.82) is 0 Å². The molecule has 1 heterocycles. The van der Waals surface area contributed by atoms with Gasteiger partial charge in [0.2, 0.25) is 0 Å². The Morgan fingerprint density at radius 1 is 1.31 bits per heavy atom. The van der Waals surface area contributed by atoms with Crippen molar-refractivity contribution in [2.75, 3.05) is 0 Å². The largest absolute Gasteiger partial charge is 0.237 e. The number of aromatic nitrogens is 2. The van der Waals surface area contributed by atoms with Gasteiger partial charge in [-0.25, -0.2) is 4.68 Å². The quantitative estimate of drug-likeness (QED) is 0.744. The molecule has 2 nitrogen and oxygen atoms in total. The van der Waals surface area contributed by atoms with E-state index in [0.717, 1.165) is 22.6 Å². The van der Waals surface area contributed by atoms with E-state index in [9.17, 15) is 0 Å². The van der Waals surface area contributed by atoms with E-state index < -0.39 is 0 Å². The van der Waals surface area contributed by atoms with Crippen LogP contribution in [0, 0.1) is 13.8 Å². The Morgan fingerprint density at radius 3 is 2.62 bits per heavy atom. The Morgan fingerprint density at radius 2 is 2.06 bits per heavy atom. The molecule has 0 bridgehead atoms. The Labute approximate surface area is 105 Å². The Hall–Kier alpha value is -0.990. The summed E-state index contributed by atoms with van der Waals surface area (Å²) in [6.07, 6.45) is 0. The van der Waals surface area contributed by atoms with E-state index in [4.69, 9.17) is 23.2 Å². The molecule has 84 valence electrons. The van der Waals surface area contributed by atoms with Crippen molar-refractivity contribution in [3.63, 3.8) is 0 Å². The van der Waals surface area contributed by atoms with Crippen LogP contribution in [0.5, 0.6) is 0 Å². The zero-order chi connectivity index (χ0) is 11.7. The van der Waals surface area contributed by atoms with Gasteiger partial charge in [-0.15, -0.1) is 11.6 Å². The summed E-state index contributed by atoms with van der Waals surface area (Å²) in [6, 6.07) is 7.62. The zero-order valence-corrected chi connectivity index (χ0v) is 10.7. The molecular formula is C12H12Cl2N2. The van der Waals surface area contributed by atoms with Crippen molar-refractivity contribution < 1.29 is 0 Å². The van der Waals surface area contributed by atoms with Gasteiger partial charge in [-0.05, 0) is 32.0 Å². The van der Waals surface area contributed by atoms with Gasteiger partial charge in [-0.3, -0.25) is 0 Å². The zero-order valence-electron chi connectivity index (χ0n) is 9.17. The highest BCUT2D eigenvalue weighted by Gasteiger charge is 2.11. The smallest absolute Gasteiger partial charge is 0.0663 e. The molecule has 0 saturated carbocycles. The van der Waals surface area contributed by atoms with Gasteiger partial charge in [-0.2, -0.15) is 5.10 Å². The lowest BCUT2D eigenvalue weighted by atomic mass is 10.2. The minimum atomic E-state index is 0.484. The number of hydrogen-bond acceptors (Lipinski definition) is 1. The van der Waals surface area contributed by atoms with Crippen molar-refractivity contribution in [3.05, 3.63) is 46.2 Å². The average molecular weight is 255 g/mol. The number of nitrogens with zero attached hydrogens (tertiary/aromatic N) is 2. The van der Waals surface area contributed by atoms with Crippen molar-refractivity contribution in [3.8, 4) is 5.69 Å². The van der Waals surface area contributed by atoms with Gasteiger partial charge in [0.1, 0.15) is 0 Å². The van der Waals surface area contributed by atoms with Crippen LogP contribution >= 0.6 is 23.2 Å². The highest BCUT2D eigenvalue weighted by molar-refractivity contribution is 6.30. The summed E-state index contributed by atoms with van der Waals surface area (Å²) >= 11 is 11.9. The third-order valence-corrected chi connectivity index (χ3v) is 3.13. The second kappa shape index (κ2) is 4.48. The minimum Gasteiger partial charge on any atom is -0.237 e. The molecule has 0 N–H and O–H groups in total. The molecule has 2 aromatic rings. The topological polar surface area (TPSA) is 17.8 Å². The van der Waals surface area contributed by atoms with Crippen LogP contribution in [0.4, 0.5) is 0 Å². The molecule has 2 rings (SSSR count). The molecule has 16 heavy (non-hydrogen) atoms. The molecule has 0 radical (unpaired) electrons. The van der Waals surface area contributed by atoms with Crippen LogP contribution in [0.1, 0.15) is 17.0 Å². The van der Waals surface area contributed by atoms with Crippen molar-refractivity contribution in [1.82, 2.24) is 9.78 Å². The van der Waals surface area contributed by atoms with Crippen LogP contribution in [0.25, 0.3) is 5.69 Å². The monoisotopic (exact) mass is 254 g/mol. The maximum atomic E-state index is 5.96. The minimum absolute atomic E-state index is 0.484. The molecule has 0 spiro atoms. The fourth-order valence-electron chi connectivity index (χ4n) is 1.73. The number of aryl methyl sites for hydroxylation is 1. The molecule has 0 amide bonds. The van der Waals surface area contributed by atoms with E-state index in [1.165, 1.54) is 0 Å². The molecule has 1 aromatic carbocycles. The molecule has 0 fully saturated rings. The first-order valence-electron chi connectivity index (χ1n) is 5.00. The van der Waals surface area contributed by atoms with Gasteiger partial charge in [0.25, 0.3) is 0 Å². The number of halogens is 2. The van der Waals surface area contributed by atoms with Gasteiger partial charge in [0, 0.05) is 16.3 Å². The summed E-state index contributed by atoms with van der Waals surface area (Å²) < 4.78 is 1.87. The Balaban J connectivity index is 2.56. The molecule has 1 aromatic heterocycles. The number of rotatable bonds is 2. The highest BCUT2D eigenvalue weighted by Crippen LogP contribution is 2.21. The van der Waals surface area contributed by atoms with E-state index in [1.54, 1.807) is 0 Å². The lowest BCUT2D eigenvalue weighted by molar-refractivity contribution is 0.833. The molecule has 0 aliphatic carbocycles. The van der Waals surface area contributed by atoms with E-state index in [0.29, 0.717) is 10.9 Å². The standard InChI is InChI=1S/C12H12Cl2N2/c1-8-12(7-13)9(2)16(15-8)11-5-3-4-10(14)6-11/h3-6H,7H2,1-2H3. The van der Waals surface area contributed by atoms with Crippen LogP contribution in [0.3, 0.4) is 0 Å². The third kappa shape index (κ3) is 1.95. The molecule has 0 unspecified atom stereocenters. The first-order chi connectivity index (χ1) is 7.63. The molecular weight excluding hydrogens is 243 g/mol. The summed E-state index contributed by atoms with van der Waals surface area (Å²) in [5.41, 5.74) is 4.08. The van der Waals surface area contributed by atoms with Crippen LogP contribution in [0.15, 0.2) is 24.3 Å². The number of alkyl halides is 1. The molecule has 4 heteroatoms. The highest BCUT2D eigenvalue weighted by atomic mass is 35.5. The van der Waals surface area contributed by atoms with Crippen LogP contribution in [0.2, 0.25) is 5.02 Å². The van der Waals surface area contributed by atoms with Gasteiger partial charge in [0.05, 0.1) is 17.3 Å². The summed E-state index contributed by atoms with van der Waals surface area (Å²) in [5.74, 6) is 0.484.